The van der Waals surface area contributed by atoms with Crippen molar-refractivity contribution in [3.05, 3.63) is 28.9 Å². The van der Waals surface area contributed by atoms with E-state index in [-0.39, 0.29) is 10.6 Å². The summed E-state index contributed by atoms with van der Waals surface area (Å²) in [6.07, 6.45) is 0. The number of nitrogens with zero attached hydrogens (tertiary/aromatic N) is 1. The van der Waals surface area contributed by atoms with Crippen molar-refractivity contribution in [2.75, 3.05) is 0 Å². The monoisotopic (exact) mass is 256 g/mol. The van der Waals surface area contributed by atoms with Gasteiger partial charge in [0.25, 0.3) is 0 Å². The molecule has 2 rings (SSSR count). The number of benzene rings is 1. The van der Waals surface area contributed by atoms with E-state index in [1.165, 1.54) is 12.1 Å². The van der Waals surface area contributed by atoms with Crippen LogP contribution in [0, 0.1) is 5.82 Å². The van der Waals surface area contributed by atoms with E-state index in [2.05, 4.69) is 10.3 Å². The molecule has 0 fully saturated rings. The van der Waals surface area contributed by atoms with Crippen LogP contribution in [0.25, 0.3) is 11.1 Å². The van der Waals surface area contributed by atoms with E-state index in [1.807, 2.05) is 20.8 Å². The van der Waals surface area contributed by atoms with Gasteiger partial charge in [-0.05, 0) is 26.8 Å². The van der Waals surface area contributed by atoms with Crippen LogP contribution in [0.4, 0.5) is 4.39 Å². The fourth-order valence-corrected chi connectivity index (χ4v) is 1.55. The van der Waals surface area contributed by atoms with E-state index < -0.39 is 5.82 Å². The standard InChI is InChI=1S/C12H14ClFN2O/c1-12(2,3)15-6-11-16-9-4-7(13)8(14)5-10(9)17-11/h4-5,15H,6H2,1-3H3. The van der Waals surface area contributed by atoms with Crippen LogP contribution >= 0.6 is 11.6 Å². The van der Waals surface area contributed by atoms with Crippen molar-refractivity contribution in [3.63, 3.8) is 0 Å². The second-order valence-corrected chi connectivity index (χ2v) is 5.35. The molecule has 3 nitrogen and oxygen atoms in total. The highest BCUT2D eigenvalue weighted by molar-refractivity contribution is 6.31. The van der Waals surface area contributed by atoms with Gasteiger partial charge in [0.15, 0.2) is 5.58 Å². The van der Waals surface area contributed by atoms with Crippen LogP contribution in [0.5, 0.6) is 0 Å². The number of nitrogens with one attached hydrogen (secondary N) is 1. The molecule has 0 unspecified atom stereocenters. The first-order chi connectivity index (χ1) is 7.85. The SMILES string of the molecule is CC(C)(C)NCc1nc2cc(Cl)c(F)cc2o1. The molecule has 1 aromatic heterocycles. The Labute approximate surface area is 104 Å². The summed E-state index contributed by atoms with van der Waals surface area (Å²) in [6, 6.07) is 2.72. The molecule has 2 aromatic rings. The number of oxazole rings is 1. The largest absolute Gasteiger partial charge is 0.439 e. The molecule has 0 amide bonds. The molecule has 92 valence electrons. The Bertz CT molecular complexity index is 506. The molecule has 0 spiro atoms. The number of aromatic nitrogens is 1. The zero-order valence-electron chi connectivity index (χ0n) is 9.97. The molecule has 17 heavy (non-hydrogen) atoms. The minimum absolute atomic E-state index is 0.0243. The fraction of sp³-hybridized carbons (Fsp3) is 0.417. The summed E-state index contributed by atoms with van der Waals surface area (Å²) in [5.74, 6) is 0.0299. The Morgan fingerprint density at radius 3 is 2.76 bits per heavy atom. The van der Waals surface area contributed by atoms with Crippen molar-refractivity contribution in [2.24, 2.45) is 0 Å². The van der Waals surface area contributed by atoms with Gasteiger partial charge in [0.2, 0.25) is 5.89 Å². The smallest absolute Gasteiger partial charge is 0.209 e. The molecular formula is C12H14ClFN2O. The first-order valence-corrected chi connectivity index (χ1v) is 5.72. The summed E-state index contributed by atoms with van der Waals surface area (Å²) >= 11 is 5.67. The summed E-state index contributed by atoms with van der Waals surface area (Å²) in [5.41, 5.74) is 0.962. The molecule has 0 saturated heterocycles. The van der Waals surface area contributed by atoms with Gasteiger partial charge < -0.3 is 9.73 Å². The summed E-state index contributed by atoms with van der Waals surface area (Å²) in [7, 11) is 0. The summed E-state index contributed by atoms with van der Waals surface area (Å²) in [5, 5.41) is 3.30. The van der Waals surface area contributed by atoms with Gasteiger partial charge in [-0.1, -0.05) is 11.6 Å². The Morgan fingerprint density at radius 2 is 2.12 bits per heavy atom. The minimum Gasteiger partial charge on any atom is -0.439 e. The predicted octanol–water partition coefficient (Wildman–Crippen LogP) is 3.51. The average Bonchev–Trinajstić information content (AvgIpc) is 2.57. The molecule has 0 radical (unpaired) electrons. The predicted molar refractivity (Wildman–Crippen MR) is 65.6 cm³/mol. The topological polar surface area (TPSA) is 38.1 Å². The highest BCUT2D eigenvalue weighted by atomic mass is 35.5. The third-order valence-corrected chi connectivity index (χ3v) is 2.53. The highest BCUT2D eigenvalue weighted by Gasteiger charge is 2.13. The van der Waals surface area contributed by atoms with Crippen LogP contribution in [0.15, 0.2) is 16.5 Å². The molecule has 0 bridgehead atoms. The quantitative estimate of drug-likeness (QED) is 0.894. The summed E-state index contributed by atoms with van der Waals surface area (Å²) < 4.78 is 18.6. The second-order valence-electron chi connectivity index (χ2n) is 4.95. The van der Waals surface area contributed by atoms with Gasteiger partial charge in [0.05, 0.1) is 11.6 Å². The molecule has 0 aliphatic rings. The lowest BCUT2D eigenvalue weighted by Gasteiger charge is -2.18. The second kappa shape index (κ2) is 4.27. The Kier molecular flexibility index (Phi) is 3.10. The zero-order chi connectivity index (χ0) is 12.6. The van der Waals surface area contributed by atoms with Crippen molar-refractivity contribution < 1.29 is 8.81 Å². The molecule has 0 aliphatic heterocycles. The van der Waals surface area contributed by atoms with E-state index in [0.29, 0.717) is 23.5 Å². The van der Waals surface area contributed by atoms with Gasteiger partial charge in [0.1, 0.15) is 11.3 Å². The number of rotatable bonds is 2. The first kappa shape index (κ1) is 12.3. The minimum atomic E-state index is -0.495. The van der Waals surface area contributed by atoms with Crippen molar-refractivity contribution >= 4 is 22.7 Å². The first-order valence-electron chi connectivity index (χ1n) is 5.35. The van der Waals surface area contributed by atoms with E-state index in [9.17, 15) is 4.39 Å². The summed E-state index contributed by atoms with van der Waals surface area (Å²) in [4.78, 5) is 4.24. The van der Waals surface area contributed by atoms with Crippen molar-refractivity contribution in [1.82, 2.24) is 10.3 Å². The Morgan fingerprint density at radius 1 is 1.41 bits per heavy atom. The molecule has 5 heteroatoms. The highest BCUT2D eigenvalue weighted by Crippen LogP contribution is 2.23. The van der Waals surface area contributed by atoms with Gasteiger partial charge in [-0.3, -0.25) is 0 Å². The molecule has 0 aliphatic carbocycles. The van der Waals surface area contributed by atoms with E-state index in [1.54, 1.807) is 0 Å². The van der Waals surface area contributed by atoms with Crippen LogP contribution in [0.2, 0.25) is 5.02 Å². The third-order valence-electron chi connectivity index (χ3n) is 2.24. The summed E-state index contributed by atoms with van der Waals surface area (Å²) in [6.45, 7) is 6.64. The number of hydrogen-bond donors (Lipinski definition) is 1. The van der Waals surface area contributed by atoms with Crippen LogP contribution in [-0.2, 0) is 6.54 Å². The fourth-order valence-electron chi connectivity index (χ4n) is 1.39. The maximum Gasteiger partial charge on any atom is 0.209 e. The lowest BCUT2D eigenvalue weighted by Crippen LogP contribution is -2.35. The lowest BCUT2D eigenvalue weighted by atomic mass is 10.1. The normalized spacial score (nSPS) is 12.3. The molecule has 1 heterocycles. The van der Waals surface area contributed by atoms with Gasteiger partial charge >= 0.3 is 0 Å². The van der Waals surface area contributed by atoms with E-state index in [4.69, 9.17) is 16.0 Å². The van der Waals surface area contributed by atoms with E-state index in [0.717, 1.165) is 0 Å². The van der Waals surface area contributed by atoms with Crippen molar-refractivity contribution in [3.8, 4) is 0 Å². The van der Waals surface area contributed by atoms with Gasteiger partial charge in [0, 0.05) is 11.6 Å². The van der Waals surface area contributed by atoms with Gasteiger partial charge in [-0.15, -0.1) is 0 Å². The van der Waals surface area contributed by atoms with Gasteiger partial charge in [-0.2, -0.15) is 0 Å². The third kappa shape index (κ3) is 2.96. The number of halogens is 2. The lowest BCUT2D eigenvalue weighted by molar-refractivity contribution is 0.388. The Balaban J connectivity index is 2.26. The van der Waals surface area contributed by atoms with Crippen LogP contribution in [0.3, 0.4) is 0 Å². The van der Waals surface area contributed by atoms with Crippen molar-refractivity contribution in [2.45, 2.75) is 32.9 Å². The maximum absolute atomic E-state index is 13.2. The van der Waals surface area contributed by atoms with Crippen LogP contribution in [-0.4, -0.2) is 10.5 Å². The number of hydrogen-bond acceptors (Lipinski definition) is 3. The number of fused-ring (bicyclic) bond motifs is 1. The van der Waals surface area contributed by atoms with E-state index >= 15 is 0 Å². The molecule has 1 N–H and O–H groups in total. The molecule has 1 aromatic carbocycles. The molecular weight excluding hydrogens is 243 g/mol. The van der Waals surface area contributed by atoms with Crippen LogP contribution in [0.1, 0.15) is 26.7 Å². The van der Waals surface area contributed by atoms with Crippen LogP contribution < -0.4 is 5.32 Å². The maximum atomic E-state index is 13.2. The Hall–Kier alpha value is -1.13. The van der Waals surface area contributed by atoms with Gasteiger partial charge in [-0.25, -0.2) is 9.37 Å². The average molecular weight is 257 g/mol. The molecule has 0 saturated carbocycles. The molecule has 0 atom stereocenters. The van der Waals surface area contributed by atoms with Crippen molar-refractivity contribution in [1.29, 1.82) is 0 Å². The zero-order valence-corrected chi connectivity index (χ0v) is 10.7.